The van der Waals surface area contributed by atoms with Crippen LogP contribution in [0.25, 0.3) is 0 Å². The van der Waals surface area contributed by atoms with Crippen molar-refractivity contribution in [2.24, 2.45) is 0 Å². The molecule has 0 radical (unpaired) electrons. The first kappa shape index (κ1) is 15.0. The van der Waals surface area contributed by atoms with E-state index in [4.69, 9.17) is 0 Å². The second-order valence-electron chi connectivity index (χ2n) is 5.64. The molecule has 1 saturated heterocycles. The number of likely N-dealkylation sites (tertiary alicyclic amines) is 1. The van der Waals surface area contributed by atoms with Gasteiger partial charge in [0.1, 0.15) is 0 Å². The van der Waals surface area contributed by atoms with Crippen LogP contribution in [0.4, 0.5) is 0 Å². The first-order valence-corrected chi connectivity index (χ1v) is 7.72. The van der Waals surface area contributed by atoms with Gasteiger partial charge in [0.15, 0.2) is 0 Å². The number of carbonyl (C=O) groups excluding carboxylic acids is 1. The van der Waals surface area contributed by atoms with Gasteiger partial charge in [-0.25, -0.2) is 0 Å². The van der Waals surface area contributed by atoms with Crippen LogP contribution < -0.4 is 5.32 Å². The molecule has 1 aromatic rings. The zero-order valence-electron chi connectivity index (χ0n) is 12.5. The summed E-state index contributed by atoms with van der Waals surface area (Å²) in [4.78, 5) is 14.2. The zero-order valence-corrected chi connectivity index (χ0v) is 12.5. The summed E-state index contributed by atoms with van der Waals surface area (Å²) in [6.07, 6.45) is 9.42. The normalized spacial score (nSPS) is 16.2. The number of rotatable bonds is 7. The Bertz CT molecular complexity index is 410. The third-order valence-corrected chi connectivity index (χ3v) is 3.75. The SMILES string of the molecule is Cc1cnn(CCNC(=O)CCCN2CCCCC2)c1. The number of amides is 1. The number of aryl methyl sites for hydroxylation is 1. The van der Waals surface area contributed by atoms with E-state index in [-0.39, 0.29) is 5.91 Å². The molecule has 2 heterocycles. The molecule has 0 spiro atoms. The number of hydrogen-bond donors (Lipinski definition) is 1. The Morgan fingerprint density at radius 3 is 2.80 bits per heavy atom. The highest BCUT2D eigenvalue weighted by Gasteiger charge is 2.10. The minimum Gasteiger partial charge on any atom is -0.354 e. The molecule has 0 unspecified atom stereocenters. The fraction of sp³-hybridized carbons (Fsp3) is 0.733. The van der Waals surface area contributed by atoms with Crippen LogP contribution in [0.3, 0.4) is 0 Å². The number of nitrogens with one attached hydrogen (secondary N) is 1. The van der Waals surface area contributed by atoms with Crippen LogP contribution in [-0.4, -0.2) is 46.8 Å². The largest absolute Gasteiger partial charge is 0.354 e. The first-order chi connectivity index (χ1) is 9.74. The van der Waals surface area contributed by atoms with Crippen molar-refractivity contribution in [3.05, 3.63) is 18.0 Å². The van der Waals surface area contributed by atoms with Gasteiger partial charge in [-0.1, -0.05) is 6.42 Å². The second kappa shape index (κ2) is 8.04. The van der Waals surface area contributed by atoms with Gasteiger partial charge in [0.25, 0.3) is 0 Å². The topological polar surface area (TPSA) is 50.2 Å². The van der Waals surface area contributed by atoms with Crippen LogP contribution >= 0.6 is 0 Å². The molecule has 0 bridgehead atoms. The average molecular weight is 278 g/mol. The summed E-state index contributed by atoms with van der Waals surface area (Å²) in [5.41, 5.74) is 1.15. The minimum atomic E-state index is 0.158. The predicted molar refractivity (Wildman–Crippen MR) is 79.5 cm³/mol. The van der Waals surface area contributed by atoms with Crippen molar-refractivity contribution in [1.82, 2.24) is 20.0 Å². The lowest BCUT2D eigenvalue weighted by atomic mass is 10.1. The number of hydrogen-bond acceptors (Lipinski definition) is 3. The Labute approximate surface area is 121 Å². The number of nitrogens with zero attached hydrogens (tertiary/aromatic N) is 3. The summed E-state index contributed by atoms with van der Waals surface area (Å²) < 4.78 is 1.86. The maximum absolute atomic E-state index is 11.7. The first-order valence-electron chi connectivity index (χ1n) is 7.72. The number of piperidine rings is 1. The average Bonchev–Trinajstić information content (AvgIpc) is 2.86. The van der Waals surface area contributed by atoms with Gasteiger partial charge in [0.05, 0.1) is 12.7 Å². The monoisotopic (exact) mass is 278 g/mol. The lowest BCUT2D eigenvalue weighted by Gasteiger charge is -2.26. The number of aromatic nitrogens is 2. The highest BCUT2D eigenvalue weighted by Crippen LogP contribution is 2.09. The van der Waals surface area contributed by atoms with E-state index >= 15 is 0 Å². The van der Waals surface area contributed by atoms with Crippen molar-refractivity contribution in [3.8, 4) is 0 Å². The summed E-state index contributed by atoms with van der Waals surface area (Å²) in [6, 6.07) is 0. The van der Waals surface area contributed by atoms with Gasteiger partial charge >= 0.3 is 0 Å². The quantitative estimate of drug-likeness (QED) is 0.824. The molecule has 1 fully saturated rings. The molecule has 0 atom stereocenters. The van der Waals surface area contributed by atoms with Crippen molar-refractivity contribution in [2.45, 2.75) is 45.6 Å². The van der Waals surface area contributed by atoms with Crippen LogP contribution in [-0.2, 0) is 11.3 Å². The fourth-order valence-corrected chi connectivity index (χ4v) is 2.63. The maximum atomic E-state index is 11.7. The summed E-state index contributed by atoms with van der Waals surface area (Å²) >= 11 is 0. The molecule has 1 amide bonds. The third kappa shape index (κ3) is 5.33. The van der Waals surface area contributed by atoms with E-state index in [1.165, 1.54) is 32.4 Å². The minimum absolute atomic E-state index is 0.158. The number of carbonyl (C=O) groups is 1. The lowest BCUT2D eigenvalue weighted by Crippen LogP contribution is -2.32. The zero-order chi connectivity index (χ0) is 14.2. The van der Waals surface area contributed by atoms with Crippen LogP contribution in [0.5, 0.6) is 0 Å². The van der Waals surface area contributed by atoms with E-state index < -0.39 is 0 Å². The van der Waals surface area contributed by atoms with Gasteiger partial charge in [-0.3, -0.25) is 9.48 Å². The van der Waals surface area contributed by atoms with Gasteiger partial charge in [0.2, 0.25) is 5.91 Å². The molecule has 112 valence electrons. The molecular weight excluding hydrogens is 252 g/mol. The highest BCUT2D eigenvalue weighted by atomic mass is 16.1. The Balaban J connectivity index is 1.51. The third-order valence-electron chi connectivity index (χ3n) is 3.75. The predicted octanol–water partition coefficient (Wildman–Crippen LogP) is 1.57. The van der Waals surface area contributed by atoms with Gasteiger partial charge < -0.3 is 10.2 Å². The molecule has 5 heteroatoms. The van der Waals surface area contributed by atoms with E-state index in [0.717, 1.165) is 25.1 Å². The van der Waals surface area contributed by atoms with Gasteiger partial charge in [-0.05, 0) is 51.4 Å². The van der Waals surface area contributed by atoms with Crippen LogP contribution in [0.15, 0.2) is 12.4 Å². The van der Waals surface area contributed by atoms with Crippen molar-refractivity contribution in [3.63, 3.8) is 0 Å². The lowest BCUT2D eigenvalue weighted by molar-refractivity contribution is -0.121. The van der Waals surface area contributed by atoms with Gasteiger partial charge in [0, 0.05) is 19.2 Å². The van der Waals surface area contributed by atoms with E-state index in [9.17, 15) is 4.79 Å². The molecular formula is C15H26N4O. The molecule has 1 N–H and O–H groups in total. The van der Waals surface area contributed by atoms with Gasteiger partial charge in [-0.15, -0.1) is 0 Å². The molecule has 1 aliphatic rings. The molecule has 5 nitrogen and oxygen atoms in total. The van der Waals surface area contributed by atoms with Crippen molar-refractivity contribution in [1.29, 1.82) is 0 Å². The molecule has 0 aliphatic carbocycles. The molecule has 20 heavy (non-hydrogen) atoms. The van der Waals surface area contributed by atoms with Gasteiger partial charge in [-0.2, -0.15) is 5.10 Å². The van der Waals surface area contributed by atoms with E-state index in [1.807, 2.05) is 24.0 Å². The highest BCUT2D eigenvalue weighted by molar-refractivity contribution is 5.75. The molecule has 0 aromatic carbocycles. The Morgan fingerprint density at radius 1 is 1.30 bits per heavy atom. The molecule has 2 rings (SSSR count). The van der Waals surface area contributed by atoms with E-state index in [2.05, 4.69) is 15.3 Å². The van der Waals surface area contributed by atoms with Crippen molar-refractivity contribution >= 4 is 5.91 Å². The second-order valence-corrected chi connectivity index (χ2v) is 5.64. The summed E-state index contributed by atoms with van der Waals surface area (Å²) in [5.74, 6) is 0.158. The van der Waals surface area contributed by atoms with Crippen LogP contribution in [0.1, 0.15) is 37.7 Å². The van der Waals surface area contributed by atoms with Crippen molar-refractivity contribution < 1.29 is 4.79 Å². The van der Waals surface area contributed by atoms with Crippen LogP contribution in [0, 0.1) is 6.92 Å². The van der Waals surface area contributed by atoms with Crippen molar-refractivity contribution in [2.75, 3.05) is 26.2 Å². The molecule has 1 aliphatic heterocycles. The maximum Gasteiger partial charge on any atom is 0.220 e. The molecule has 1 aromatic heterocycles. The van der Waals surface area contributed by atoms with E-state index in [1.54, 1.807) is 0 Å². The van der Waals surface area contributed by atoms with E-state index in [0.29, 0.717) is 13.0 Å². The summed E-state index contributed by atoms with van der Waals surface area (Å²) in [6.45, 7) is 6.89. The Hall–Kier alpha value is -1.36. The Kier molecular flexibility index (Phi) is 6.05. The summed E-state index contributed by atoms with van der Waals surface area (Å²) in [5, 5.41) is 7.15. The summed E-state index contributed by atoms with van der Waals surface area (Å²) in [7, 11) is 0. The fourth-order valence-electron chi connectivity index (χ4n) is 2.63. The standard InChI is InChI=1S/C15H26N4O/c1-14-12-17-19(13-14)11-7-16-15(20)6-5-10-18-8-3-2-4-9-18/h12-13H,2-11H2,1H3,(H,16,20). The Morgan fingerprint density at radius 2 is 2.10 bits per heavy atom. The molecule has 0 saturated carbocycles. The van der Waals surface area contributed by atoms with Crippen LogP contribution in [0.2, 0.25) is 0 Å². The smallest absolute Gasteiger partial charge is 0.220 e.